The van der Waals surface area contributed by atoms with Crippen molar-refractivity contribution >= 4 is 14.4 Å². The second-order valence-electron chi connectivity index (χ2n) is 3.99. The fourth-order valence-electron chi connectivity index (χ4n) is 2.03. The third-order valence-corrected chi connectivity index (χ3v) is 4.48. The van der Waals surface area contributed by atoms with Crippen molar-refractivity contribution in [1.82, 2.24) is 0 Å². The van der Waals surface area contributed by atoms with E-state index < -0.39 is 0 Å². The predicted octanol–water partition coefficient (Wildman–Crippen LogP) is 3.48. The normalized spacial score (nSPS) is 20.3. The van der Waals surface area contributed by atoms with Crippen molar-refractivity contribution in [2.24, 2.45) is 0 Å². The van der Waals surface area contributed by atoms with E-state index in [0.717, 1.165) is 5.54 Å². The minimum absolute atomic E-state index is 0.233. The lowest BCUT2D eigenvalue weighted by molar-refractivity contribution is 1.20. The lowest BCUT2D eigenvalue weighted by Crippen LogP contribution is -2.11. The fourth-order valence-corrected chi connectivity index (χ4v) is 3.49. The molecule has 0 bridgehead atoms. The first kappa shape index (κ1) is 8.76. The first-order valence-corrected chi connectivity index (χ1v) is 7.35. The van der Waals surface area contributed by atoms with Gasteiger partial charge in [0.2, 0.25) is 0 Å². The average Bonchev–Trinajstić information content (AvgIpc) is 2.45. The molecule has 1 atom stereocenters. The molecule has 2 rings (SSSR count). The summed E-state index contributed by atoms with van der Waals surface area (Å²) in [4.78, 5) is 0. The summed E-state index contributed by atoms with van der Waals surface area (Å²) in [6, 6.07) is 8.82. The maximum absolute atomic E-state index is 2.44. The number of rotatable bonds is 1. The SMILES string of the molecule is CC1=CC([Si](C)C)c2ccccc21. The molecule has 1 aromatic carbocycles. The van der Waals surface area contributed by atoms with Crippen LogP contribution in [0.2, 0.25) is 13.1 Å². The minimum atomic E-state index is -0.233. The van der Waals surface area contributed by atoms with Crippen LogP contribution < -0.4 is 0 Å². The van der Waals surface area contributed by atoms with Gasteiger partial charge in [0, 0.05) is 0 Å². The molecule has 67 valence electrons. The molecule has 1 unspecified atom stereocenters. The summed E-state index contributed by atoms with van der Waals surface area (Å²) in [5, 5.41) is 0. The highest BCUT2D eigenvalue weighted by atomic mass is 28.3. The molecular weight excluding hydrogens is 172 g/mol. The van der Waals surface area contributed by atoms with Crippen LogP contribution >= 0.6 is 0 Å². The van der Waals surface area contributed by atoms with E-state index in [1.807, 2.05) is 0 Å². The zero-order chi connectivity index (χ0) is 9.42. The Balaban J connectivity index is 2.50. The molecule has 13 heavy (non-hydrogen) atoms. The van der Waals surface area contributed by atoms with Crippen LogP contribution in [-0.2, 0) is 0 Å². The van der Waals surface area contributed by atoms with Gasteiger partial charge < -0.3 is 0 Å². The third-order valence-electron chi connectivity index (χ3n) is 2.76. The molecule has 1 heteroatoms. The average molecular weight is 187 g/mol. The molecule has 0 aromatic heterocycles. The Kier molecular flexibility index (Phi) is 2.12. The highest BCUT2D eigenvalue weighted by Gasteiger charge is 2.23. The van der Waals surface area contributed by atoms with E-state index in [9.17, 15) is 0 Å². The second-order valence-corrected chi connectivity index (χ2v) is 6.77. The van der Waals surface area contributed by atoms with E-state index in [1.54, 1.807) is 5.56 Å². The summed E-state index contributed by atoms with van der Waals surface area (Å²) >= 11 is 0. The summed E-state index contributed by atoms with van der Waals surface area (Å²) in [6.45, 7) is 7.01. The van der Waals surface area contributed by atoms with Crippen LogP contribution in [0.4, 0.5) is 0 Å². The van der Waals surface area contributed by atoms with Gasteiger partial charge in [-0.2, -0.15) is 0 Å². The molecule has 0 amide bonds. The van der Waals surface area contributed by atoms with E-state index in [4.69, 9.17) is 0 Å². The Labute approximate surface area is 81.9 Å². The Hall–Kier alpha value is -0.823. The zero-order valence-corrected chi connectivity index (χ0v) is 9.46. The van der Waals surface area contributed by atoms with Gasteiger partial charge in [-0.1, -0.05) is 43.4 Å². The molecule has 0 nitrogen and oxygen atoms in total. The van der Waals surface area contributed by atoms with Crippen LogP contribution in [0, 0.1) is 0 Å². The smallest absolute Gasteiger partial charge is 0.0548 e. The maximum Gasteiger partial charge on any atom is 0.0548 e. The van der Waals surface area contributed by atoms with Crippen molar-refractivity contribution < 1.29 is 0 Å². The molecule has 1 radical (unpaired) electrons. The van der Waals surface area contributed by atoms with Gasteiger partial charge in [0.05, 0.1) is 8.80 Å². The van der Waals surface area contributed by atoms with E-state index >= 15 is 0 Å². The van der Waals surface area contributed by atoms with E-state index in [2.05, 4.69) is 50.4 Å². The van der Waals surface area contributed by atoms with Crippen molar-refractivity contribution in [2.45, 2.75) is 25.6 Å². The lowest BCUT2D eigenvalue weighted by atomic mass is 10.1. The van der Waals surface area contributed by atoms with E-state index in [0.29, 0.717) is 0 Å². The number of hydrogen-bond acceptors (Lipinski definition) is 0. The minimum Gasteiger partial charge on any atom is -0.0764 e. The Morgan fingerprint density at radius 1 is 1.15 bits per heavy atom. The first-order chi connectivity index (χ1) is 6.20. The van der Waals surface area contributed by atoms with Crippen LogP contribution in [0.15, 0.2) is 30.3 Å². The van der Waals surface area contributed by atoms with Gasteiger partial charge in [-0.3, -0.25) is 0 Å². The Bertz CT molecular complexity index is 350. The van der Waals surface area contributed by atoms with Gasteiger partial charge in [-0.15, -0.1) is 0 Å². The summed E-state index contributed by atoms with van der Waals surface area (Å²) < 4.78 is 0. The Morgan fingerprint density at radius 3 is 2.54 bits per heavy atom. The van der Waals surface area contributed by atoms with E-state index in [-0.39, 0.29) is 8.80 Å². The highest BCUT2D eigenvalue weighted by Crippen LogP contribution is 2.36. The largest absolute Gasteiger partial charge is 0.0764 e. The van der Waals surface area contributed by atoms with Gasteiger partial charge in [0.15, 0.2) is 0 Å². The van der Waals surface area contributed by atoms with Gasteiger partial charge in [0.1, 0.15) is 0 Å². The van der Waals surface area contributed by atoms with Gasteiger partial charge in [-0.05, 0) is 29.2 Å². The summed E-state index contributed by atoms with van der Waals surface area (Å²) in [5.41, 5.74) is 5.23. The van der Waals surface area contributed by atoms with Gasteiger partial charge in [0.25, 0.3) is 0 Å². The monoisotopic (exact) mass is 187 g/mol. The first-order valence-electron chi connectivity index (χ1n) is 4.78. The molecule has 0 saturated carbocycles. The van der Waals surface area contributed by atoms with Crippen LogP contribution in [0.3, 0.4) is 0 Å². The number of fused-ring (bicyclic) bond motifs is 1. The molecule has 0 fully saturated rings. The lowest BCUT2D eigenvalue weighted by Gasteiger charge is -2.12. The standard InChI is InChI=1S/C12H15Si/c1-9-8-12(13(2)3)11-7-5-4-6-10(9)11/h4-8,12H,1-3H3. The molecule has 1 aromatic rings. The maximum atomic E-state index is 2.44. The van der Waals surface area contributed by atoms with Crippen molar-refractivity contribution in [1.29, 1.82) is 0 Å². The zero-order valence-electron chi connectivity index (χ0n) is 8.46. The van der Waals surface area contributed by atoms with Crippen molar-refractivity contribution in [3.63, 3.8) is 0 Å². The van der Waals surface area contributed by atoms with Crippen LogP contribution in [-0.4, -0.2) is 8.80 Å². The van der Waals surface area contributed by atoms with Crippen molar-refractivity contribution in [2.75, 3.05) is 0 Å². The third kappa shape index (κ3) is 1.37. The predicted molar refractivity (Wildman–Crippen MR) is 60.3 cm³/mol. The topological polar surface area (TPSA) is 0 Å². The molecular formula is C12H15Si. The number of benzene rings is 1. The second kappa shape index (κ2) is 3.15. The summed E-state index contributed by atoms with van der Waals surface area (Å²) in [6.07, 6.45) is 2.44. The molecule has 0 N–H and O–H groups in total. The number of allylic oxidation sites excluding steroid dienone is 2. The summed E-state index contributed by atoms with van der Waals surface area (Å²) in [5.74, 6) is 0. The van der Waals surface area contributed by atoms with Gasteiger partial charge >= 0.3 is 0 Å². The molecule has 0 heterocycles. The van der Waals surface area contributed by atoms with E-state index in [1.165, 1.54) is 11.1 Å². The molecule has 0 spiro atoms. The Morgan fingerprint density at radius 2 is 1.85 bits per heavy atom. The van der Waals surface area contributed by atoms with Crippen LogP contribution in [0.25, 0.3) is 5.57 Å². The van der Waals surface area contributed by atoms with Crippen LogP contribution in [0.5, 0.6) is 0 Å². The van der Waals surface area contributed by atoms with Gasteiger partial charge in [-0.25, -0.2) is 0 Å². The highest BCUT2D eigenvalue weighted by molar-refractivity contribution is 6.58. The fraction of sp³-hybridized carbons (Fsp3) is 0.333. The number of hydrogen-bond donors (Lipinski definition) is 0. The summed E-state index contributed by atoms with van der Waals surface area (Å²) in [7, 11) is -0.233. The molecule has 1 aliphatic rings. The molecule has 1 aliphatic carbocycles. The molecule has 0 aliphatic heterocycles. The van der Waals surface area contributed by atoms with Crippen LogP contribution in [0.1, 0.15) is 23.6 Å². The van der Waals surface area contributed by atoms with Crippen molar-refractivity contribution in [3.8, 4) is 0 Å². The quantitative estimate of drug-likeness (QED) is 0.590. The molecule has 0 saturated heterocycles. The van der Waals surface area contributed by atoms with Crippen molar-refractivity contribution in [3.05, 3.63) is 41.5 Å².